The Bertz CT molecular complexity index is 532. The summed E-state index contributed by atoms with van der Waals surface area (Å²) in [7, 11) is 0. The van der Waals surface area contributed by atoms with Gasteiger partial charge < -0.3 is 10.9 Å². The lowest BCUT2D eigenvalue weighted by Gasteiger charge is -2.02. The molecule has 0 aliphatic heterocycles. The first-order chi connectivity index (χ1) is 7.70. The van der Waals surface area contributed by atoms with E-state index >= 15 is 0 Å². The first kappa shape index (κ1) is 10.2. The Labute approximate surface area is 92.0 Å². The number of pyridine rings is 1. The van der Waals surface area contributed by atoms with Gasteiger partial charge >= 0.3 is 0 Å². The third-order valence-corrected chi connectivity index (χ3v) is 2.10. The topological polar surface area (TPSA) is 89.3 Å². The monoisotopic (exact) mass is 217 g/mol. The van der Waals surface area contributed by atoms with Crippen LogP contribution in [-0.2, 0) is 0 Å². The second kappa shape index (κ2) is 4.01. The molecule has 16 heavy (non-hydrogen) atoms. The summed E-state index contributed by atoms with van der Waals surface area (Å²) in [6, 6.07) is 3.36. The van der Waals surface area contributed by atoms with Crippen molar-refractivity contribution >= 4 is 5.84 Å². The molecule has 0 bridgehead atoms. The van der Waals surface area contributed by atoms with Crippen molar-refractivity contribution in [1.29, 1.82) is 0 Å². The van der Waals surface area contributed by atoms with E-state index < -0.39 is 0 Å². The zero-order valence-electron chi connectivity index (χ0n) is 8.70. The molecule has 0 radical (unpaired) electrons. The quantitative estimate of drug-likeness (QED) is 0.335. The highest BCUT2D eigenvalue weighted by Crippen LogP contribution is 2.07. The maximum Gasteiger partial charge on any atom is 0.170 e. The summed E-state index contributed by atoms with van der Waals surface area (Å²) in [6.45, 7) is 1.94. The maximum absolute atomic E-state index is 8.57. The van der Waals surface area contributed by atoms with Gasteiger partial charge in [-0.25, -0.2) is 9.67 Å². The number of amidine groups is 1. The zero-order chi connectivity index (χ0) is 11.5. The van der Waals surface area contributed by atoms with Crippen LogP contribution in [0.4, 0.5) is 0 Å². The largest absolute Gasteiger partial charge is 0.409 e. The van der Waals surface area contributed by atoms with Crippen LogP contribution in [0.1, 0.15) is 11.1 Å². The summed E-state index contributed by atoms with van der Waals surface area (Å²) in [4.78, 5) is 4.15. The van der Waals surface area contributed by atoms with Crippen LogP contribution in [0.15, 0.2) is 35.9 Å². The van der Waals surface area contributed by atoms with Gasteiger partial charge in [0.05, 0.1) is 6.20 Å². The van der Waals surface area contributed by atoms with Crippen LogP contribution in [0.3, 0.4) is 0 Å². The minimum Gasteiger partial charge on any atom is -0.409 e. The Hall–Kier alpha value is -2.37. The molecule has 0 saturated heterocycles. The molecule has 3 N–H and O–H groups in total. The first-order valence-corrected chi connectivity index (χ1v) is 4.66. The zero-order valence-corrected chi connectivity index (χ0v) is 8.70. The molecular formula is C10H11N5O. The lowest BCUT2D eigenvalue weighted by atomic mass is 10.2. The second-order valence-corrected chi connectivity index (χ2v) is 3.35. The summed E-state index contributed by atoms with van der Waals surface area (Å²) < 4.78 is 1.63. The van der Waals surface area contributed by atoms with Crippen molar-refractivity contribution in [3.8, 4) is 5.82 Å². The number of nitrogens with zero attached hydrogens (tertiary/aromatic N) is 4. The smallest absolute Gasteiger partial charge is 0.170 e. The number of nitrogens with two attached hydrogens (primary N) is 1. The van der Waals surface area contributed by atoms with Crippen LogP contribution in [0.5, 0.6) is 0 Å². The van der Waals surface area contributed by atoms with Gasteiger partial charge in [-0.15, -0.1) is 0 Å². The molecule has 82 valence electrons. The van der Waals surface area contributed by atoms with Gasteiger partial charge in [0.25, 0.3) is 0 Å². The van der Waals surface area contributed by atoms with E-state index in [2.05, 4.69) is 15.2 Å². The molecule has 0 amide bonds. The number of hydrogen-bond acceptors (Lipinski definition) is 4. The van der Waals surface area contributed by atoms with Crippen LogP contribution >= 0.6 is 0 Å². The van der Waals surface area contributed by atoms with E-state index in [1.54, 1.807) is 29.2 Å². The highest BCUT2D eigenvalue weighted by atomic mass is 16.4. The van der Waals surface area contributed by atoms with Gasteiger partial charge in [-0.05, 0) is 24.6 Å². The van der Waals surface area contributed by atoms with E-state index in [1.165, 1.54) is 0 Å². The lowest BCUT2D eigenvalue weighted by molar-refractivity contribution is 0.318. The van der Waals surface area contributed by atoms with E-state index in [4.69, 9.17) is 10.9 Å². The number of oxime groups is 1. The van der Waals surface area contributed by atoms with E-state index in [9.17, 15) is 0 Å². The number of aryl methyl sites for hydroxylation is 1. The molecule has 0 aliphatic carbocycles. The van der Waals surface area contributed by atoms with Gasteiger partial charge in [-0.1, -0.05) is 5.16 Å². The standard InChI is InChI=1S/C10H11N5O/c1-7-5-13-15(6-7)9-4-8(2-3-12-9)10(11)14-16/h2-6,16H,1H3,(H2,11,14). The maximum atomic E-state index is 8.57. The van der Waals surface area contributed by atoms with Gasteiger partial charge in [-0.3, -0.25) is 0 Å². The van der Waals surface area contributed by atoms with Crippen LogP contribution in [0, 0.1) is 6.92 Å². The Morgan fingerprint density at radius 1 is 1.56 bits per heavy atom. The fourth-order valence-electron chi connectivity index (χ4n) is 1.30. The van der Waals surface area contributed by atoms with Crippen molar-refractivity contribution < 1.29 is 5.21 Å². The van der Waals surface area contributed by atoms with Crippen molar-refractivity contribution in [2.45, 2.75) is 6.92 Å². The Balaban J connectivity index is 2.43. The number of aromatic nitrogens is 3. The van der Waals surface area contributed by atoms with Crippen molar-refractivity contribution in [3.05, 3.63) is 41.9 Å². The Morgan fingerprint density at radius 2 is 2.38 bits per heavy atom. The van der Waals surface area contributed by atoms with Gasteiger partial charge in [0, 0.05) is 18.0 Å². The van der Waals surface area contributed by atoms with Crippen molar-refractivity contribution in [1.82, 2.24) is 14.8 Å². The van der Waals surface area contributed by atoms with E-state index in [0.29, 0.717) is 11.4 Å². The van der Waals surface area contributed by atoms with E-state index in [1.807, 2.05) is 13.1 Å². The molecule has 6 nitrogen and oxygen atoms in total. The summed E-state index contributed by atoms with van der Waals surface area (Å²) in [5.41, 5.74) is 7.12. The van der Waals surface area contributed by atoms with Crippen LogP contribution in [-0.4, -0.2) is 25.8 Å². The SMILES string of the molecule is Cc1cnn(-c2cc(/C(N)=N/O)ccn2)c1. The first-order valence-electron chi connectivity index (χ1n) is 4.66. The molecule has 2 rings (SSSR count). The highest BCUT2D eigenvalue weighted by molar-refractivity contribution is 5.97. The molecule has 0 saturated carbocycles. The molecular weight excluding hydrogens is 206 g/mol. The third kappa shape index (κ3) is 1.85. The fourth-order valence-corrected chi connectivity index (χ4v) is 1.30. The number of rotatable bonds is 2. The molecule has 0 unspecified atom stereocenters. The normalized spacial score (nSPS) is 11.7. The molecule has 0 aromatic carbocycles. The molecule has 6 heteroatoms. The summed E-state index contributed by atoms with van der Waals surface area (Å²) in [5, 5.41) is 15.6. The minimum atomic E-state index is 0.0486. The van der Waals surface area contributed by atoms with Gasteiger partial charge in [0.1, 0.15) is 0 Å². The molecule has 0 spiro atoms. The number of hydrogen-bond donors (Lipinski definition) is 2. The Kier molecular flexibility index (Phi) is 2.55. The van der Waals surface area contributed by atoms with Crippen molar-refractivity contribution in [2.24, 2.45) is 10.9 Å². The van der Waals surface area contributed by atoms with Crippen LogP contribution in [0.2, 0.25) is 0 Å². The molecule has 0 fully saturated rings. The van der Waals surface area contributed by atoms with Gasteiger partial charge in [-0.2, -0.15) is 5.10 Å². The van der Waals surface area contributed by atoms with Crippen LogP contribution in [0.25, 0.3) is 5.82 Å². The molecule has 0 atom stereocenters. The van der Waals surface area contributed by atoms with E-state index in [0.717, 1.165) is 5.56 Å². The Morgan fingerprint density at radius 3 is 3.00 bits per heavy atom. The summed E-state index contributed by atoms with van der Waals surface area (Å²) >= 11 is 0. The molecule has 2 aromatic heterocycles. The molecule has 2 heterocycles. The lowest BCUT2D eigenvalue weighted by Crippen LogP contribution is -2.14. The van der Waals surface area contributed by atoms with Gasteiger partial charge in [0.15, 0.2) is 11.7 Å². The average Bonchev–Trinajstić information content (AvgIpc) is 2.75. The summed E-state index contributed by atoms with van der Waals surface area (Å²) in [6.07, 6.45) is 5.16. The fraction of sp³-hybridized carbons (Fsp3) is 0.100. The molecule has 2 aromatic rings. The van der Waals surface area contributed by atoms with Gasteiger partial charge in [0.2, 0.25) is 0 Å². The van der Waals surface area contributed by atoms with E-state index in [-0.39, 0.29) is 5.84 Å². The highest BCUT2D eigenvalue weighted by Gasteiger charge is 2.04. The van der Waals surface area contributed by atoms with Crippen molar-refractivity contribution in [3.63, 3.8) is 0 Å². The third-order valence-electron chi connectivity index (χ3n) is 2.10. The average molecular weight is 217 g/mol. The summed E-state index contributed by atoms with van der Waals surface area (Å²) in [5.74, 6) is 0.671. The second-order valence-electron chi connectivity index (χ2n) is 3.35. The molecule has 0 aliphatic rings. The predicted molar refractivity (Wildman–Crippen MR) is 58.6 cm³/mol. The predicted octanol–water partition coefficient (Wildman–Crippen LogP) is 0.670. The van der Waals surface area contributed by atoms with Crippen LogP contribution < -0.4 is 5.73 Å². The minimum absolute atomic E-state index is 0.0486. The van der Waals surface area contributed by atoms with Crippen molar-refractivity contribution in [2.75, 3.05) is 0 Å².